The molecule has 0 saturated heterocycles. The summed E-state index contributed by atoms with van der Waals surface area (Å²) >= 11 is 0. The van der Waals surface area contributed by atoms with Crippen molar-refractivity contribution in [2.24, 2.45) is 0 Å². The van der Waals surface area contributed by atoms with Crippen LogP contribution in [0.25, 0.3) is 11.0 Å². The Hall–Kier alpha value is -1.77. The molecular formula is C15H22O3. The van der Waals surface area contributed by atoms with E-state index in [1.54, 1.807) is 31.4 Å². The molecular weight excluding hydrogens is 228 g/mol. The highest BCUT2D eigenvalue weighted by Gasteiger charge is 2.11. The van der Waals surface area contributed by atoms with E-state index in [1.807, 2.05) is 33.8 Å². The number of ether oxygens (including phenoxy) is 1. The summed E-state index contributed by atoms with van der Waals surface area (Å²) in [6, 6.07) is 7.09. The molecule has 0 bridgehead atoms. The van der Waals surface area contributed by atoms with Crippen molar-refractivity contribution in [2.75, 3.05) is 6.61 Å². The maximum atomic E-state index is 11.5. The summed E-state index contributed by atoms with van der Waals surface area (Å²) in [7, 11) is 0. The number of hydrogen-bond donors (Lipinski definition) is 0. The Morgan fingerprint density at radius 3 is 2.44 bits per heavy atom. The van der Waals surface area contributed by atoms with E-state index in [2.05, 4.69) is 0 Å². The molecule has 2 aromatic rings. The van der Waals surface area contributed by atoms with Crippen molar-refractivity contribution >= 4 is 16.9 Å². The molecule has 1 aromatic heterocycles. The standard InChI is InChI=1S/C11H10O3.2C2H6/c1-2-13-11(12)9-4-3-5-10-8(9)6-7-14-10;2*1-2/h3-7H,2H2,1H3;2*1-2H3. The van der Waals surface area contributed by atoms with Crippen LogP contribution in [0.5, 0.6) is 0 Å². The Morgan fingerprint density at radius 2 is 1.83 bits per heavy atom. The van der Waals surface area contributed by atoms with E-state index < -0.39 is 0 Å². The summed E-state index contributed by atoms with van der Waals surface area (Å²) in [6.45, 7) is 10.2. The second-order valence-corrected chi connectivity index (χ2v) is 2.86. The first-order valence-corrected chi connectivity index (χ1v) is 6.46. The molecule has 3 heteroatoms. The molecule has 1 aromatic carbocycles. The highest BCUT2D eigenvalue weighted by molar-refractivity contribution is 6.03. The normalized spacial score (nSPS) is 8.72. The van der Waals surface area contributed by atoms with Gasteiger partial charge in [-0.15, -0.1) is 0 Å². The van der Waals surface area contributed by atoms with Crippen LogP contribution in [0.3, 0.4) is 0 Å². The van der Waals surface area contributed by atoms with Crippen LogP contribution in [0.4, 0.5) is 0 Å². The van der Waals surface area contributed by atoms with E-state index >= 15 is 0 Å². The van der Waals surface area contributed by atoms with Crippen molar-refractivity contribution in [1.29, 1.82) is 0 Å². The number of carbonyl (C=O) groups excluding carboxylic acids is 1. The number of esters is 1. The topological polar surface area (TPSA) is 39.4 Å². The third kappa shape index (κ3) is 3.91. The van der Waals surface area contributed by atoms with Gasteiger partial charge in [0, 0.05) is 5.39 Å². The molecule has 0 N–H and O–H groups in total. The highest BCUT2D eigenvalue weighted by Crippen LogP contribution is 2.20. The van der Waals surface area contributed by atoms with Gasteiger partial charge in [-0.25, -0.2) is 4.79 Å². The molecule has 2 rings (SSSR count). The maximum Gasteiger partial charge on any atom is 0.338 e. The first kappa shape index (κ1) is 16.2. The second-order valence-electron chi connectivity index (χ2n) is 2.86. The molecule has 0 atom stereocenters. The summed E-state index contributed by atoms with van der Waals surface area (Å²) < 4.78 is 10.1. The third-order valence-electron chi connectivity index (χ3n) is 1.99. The van der Waals surface area contributed by atoms with Crippen molar-refractivity contribution in [3.63, 3.8) is 0 Å². The third-order valence-corrected chi connectivity index (χ3v) is 1.99. The van der Waals surface area contributed by atoms with Crippen LogP contribution in [0, 0.1) is 0 Å². The minimum Gasteiger partial charge on any atom is -0.464 e. The number of benzene rings is 1. The molecule has 0 saturated carbocycles. The van der Waals surface area contributed by atoms with E-state index in [9.17, 15) is 4.79 Å². The smallest absolute Gasteiger partial charge is 0.338 e. The summed E-state index contributed by atoms with van der Waals surface area (Å²) in [6.07, 6.45) is 1.56. The van der Waals surface area contributed by atoms with Crippen LogP contribution in [-0.4, -0.2) is 12.6 Å². The summed E-state index contributed by atoms with van der Waals surface area (Å²) in [5.74, 6) is -0.306. The Kier molecular flexibility index (Phi) is 8.37. The molecule has 0 amide bonds. The van der Waals surface area contributed by atoms with Gasteiger partial charge in [-0.1, -0.05) is 33.8 Å². The summed E-state index contributed by atoms with van der Waals surface area (Å²) in [5.41, 5.74) is 1.26. The van der Waals surface area contributed by atoms with Gasteiger partial charge in [0.1, 0.15) is 5.58 Å². The first-order valence-electron chi connectivity index (χ1n) is 6.46. The Balaban J connectivity index is 0.000000659. The number of furan rings is 1. The van der Waals surface area contributed by atoms with Crippen LogP contribution in [0.1, 0.15) is 45.0 Å². The largest absolute Gasteiger partial charge is 0.464 e. The second kappa shape index (κ2) is 9.28. The van der Waals surface area contributed by atoms with Crippen molar-refractivity contribution in [1.82, 2.24) is 0 Å². The van der Waals surface area contributed by atoms with E-state index in [1.165, 1.54) is 0 Å². The monoisotopic (exact) mass is 250 g/mol. The molecule has 0 spiro atoms. The van der Waals surface area contributed by atoms with Gasteiger partial charge < -0.3 is 9.15 Å². The quantitative estimate of drug-likeness (QED) is 0.727. The van der Waals surface area contributed by atoms with Crippen LogP contribution in [-0.2, 0) is 4.74 Å². The van der Waals surface area contributed by atoms with E-state index in [4.69, 9.17) is 9.15 Å². The molecule has 0 aliphatic carbocycles. The van der Waals surface area contributed by atoms with Crippen molar-refractivity contribution in [3.05, 3.63) is 36.1 Å². The average molecular weight is 250 g/mol. The predicted molar refractivity (Wildman–Crippen MR) is 74.9 cm³/mol. The fourth-order valence-electron chi connectivity index (χ4n) is 1.38. The Morgan fingerprint density at radius 1 is 1.17 bits per heavy atom. The lowest BCUT2D eigenvalue weighted by Gasteiger charge is -2.01. The lowest BCUT2D eigenvalue weighted by molar-refractivity contribution is 0.0528. The fourth-order valence-corrected chi connectivity index (χ4v) is 1.38. The fraction of sp³-hybridized carbons (Fsp3) is 0.400. The zero-order valence-electron chi connectivity index (χ0n) is 11.8. The molecule has 0 fully saturated rings. The maximum absolute atomic E-state index is 11.5. The molecule has 0 radical (unpaired) electrons. The molecule has 0 aliphatic heterocycles. The van der Waals surface area contributed by atoms with Crippen LogP contribution in [0.15, 0.2) is 34.9 Å². The van der Waals surface area contributed by atoms with Gasteiger partial charge in [0.2, 0.25) is 0 Å². The van der Waals surface area contributed by atoms with Gasteiger partial charge in [0.05, 0.1) is 18.4 Å². The zero-order chi connectivity index (χ0) is 14.0. The summed E-state index contributed by atoms with van der Waals surface area (Å²) in [4.78, 5) is 11.5. The van der Waals surface area contributed by atoms with E-state index in [0.717, 1.165) is 5.39 Å². The van der Waals surface area contributed by atoms with E-state index in [0.29, 0.717) is 17.8 Å². The van der Waals surface area contributed by atoms with Gasteiger partial charge in [0.15, 0.2) is 0 Å². The van der Waals surface area contributed by atoms with Crippen molar-refractivity contribution < 1.29 is 13.9 Å². The van der Waals surface area contributed by atoms with Gasteiger partial charge in [-0.3, -0.25) is 0 Å². The molecule has 1 heterocycles. The minimum atomic E-state index is -0.306. The highest BCUT2D eigenvalue weighted by atomic mass is 16.5. The van der Waals surface area contributed by atoms with Gasteiger partial charge >= 0.3 is 5.97 Å². The number of rotatable bonds is 2. The van der Waals surface area contributed by atoms with Crippen molar-refractivity contribution in [2.45, 2.75) is 34.6 Å². The lowest BCUT2D eigenvalue weighted by Crippen LogP contribution is -2.04. The molecule has 100 valence electrons. The van der Waals surface area contributed by atoms with E-state index in [-0.39, 0.29) is 5.97 Å². The molecule has 3 nitrogen and oxygen atoms in total. The number of carbonyl (C=O) groups is 1. The van der Waals surface area contributed by atoms with Gasteiger partial charge in [0.25, 0.3) is 0 Å². The van der Waals surface area contributed by atoms with Gasteiger partial charge in [-0.2, -0.15) is 0 Å². The Bertz CT molecular complexity index is 457. The first-order chi connectivity index (χ1) is 8.83. The van der Waals surface area contributed by atoms with Crippen LogP contribution >= 0.6 is 0 Å². The van der Waals surface area contributed by atoms with Crippen LogP contribution in [0.2, 0.25) is 0 Å². The minimum absolute atomic E-state index is 0.306. The van der Waals surface area contributed by atoms with Crippen LogP contribution < -0.4 is 0 Å². The lowest BCUT2D eigenvalue weighted by atomic mass is 10.1. The Labute approximate surface area is 109 Å². The number of hydrogen-bond acceptors (Lipinski definition) is 3. The predicted octanol–water partition coefficient (Wildman–Crippen LogP) is 4.66. The SMILES string of the molecule is CC.CC.CCOC(=O)c1cccc2occc12. The molecule has 0 unspecified atom stereocenters. The molecule has 18 heavy (non-hydrogen) atoms. The molecule has 0 aliphatic rings. The zero-order valence-corrected chi connectivity index (χ0v) is 11.8. The van der Waals surface area contributed by atoms with Gasteiger partial charge in [-0.05, 0) is 25.1 Å². The average Bonchev–Trinajstić information content (AvgIpc) is 2.91. The summed E-state index contributed by atoms with van der Waals surface area (Å²) in [5, 5.41) is 0.797. The van der Waals surface area contributed by atoms with Crippen molar-refractivity contribution in [3.8, 4) is 0 Å². The number of fused-ring (bicyclic) bond motifs is 1.